The van der Waals surface area contributed by atoms with Gasteiger partial charge in [-0.15, -0.1) is 0 Å². The second-order valence-electron chi connectivity index (χ2n) is 7.71. The van der Waals surface area contributed by atoms with E-state index in [1.54, 1.807) is 24.3 Å². The molecule has 0 atom stereocenters. The first-order valence-corrected chi connectivity index (χ1v) is 12.2. The molecule has 34 heavy (non-hydrogen) atoms. The molecule has 0 N–H and O–H groups in total. The Kier molecular flexibility index (Phi) is 24.2. The van der Waals surface area contributed by atoms with E-state index >= 15 is 0 Å². The largest absolute Gasteiger partial charge is 0.298 e. The molecule has 2 aromatic rings. The SMILES string of the molecule is C.CCCCC.CCCCN=Cc1cccc(C=NCCCC)c1.O=Cc1cccc(C=O)c1. The first-order chi connectivity index (χ1) is 16.1. The highest BCUT2D eigenvalue weighted by atomic mass is 16.1. The lowest BCUT2D eigenvalue weighted by Gasteiger charge is -1.97. The lowest BCUT2D eigenvalue weighted by molar-refractivity contribution is 0.112. The van der Waals surface area contributed by atoms with E-state index in [1.807, 2.05) is 12.4 Å². The Hall–Kier alpha value is -2.88. The van der Waals surface area contributed by atoms with Gasteiger partial charge < -0.3 is 0 Å². The van der Waals surface area contributed by atoms with Crippen LogP contribution in [-0.2, 0) is 0 Å². The monoisotopic (exact) mass is 466 g/mol. The van der Waals surface area contributed by atoms with Gasteiger partial charge in [0.15, 0.2) is 0 Å². The molecule has 0 aromatic heterocycles. The third-order valence-corrected chi connectivity index (χ3v) is 4.56. The number of carbonyl (C=O) groups is 2. The highest BCUT2D eigenvalue weighted by molar-refractivity contribution is 5.86. The Balaban J connectivity index is 0. The summed E-state index contributed by atoms with van der Waals surface area (Å²) >= 11 is 0. The summed E-state index contributed by atoms with van der Waals surface area (Å²) in [6, 6.07) is 14.9. The second kappa shape index (κ2) is 24.8. The van der Waals surface area contributed by atoms with Gasteiger partial charge in [-0.3, -0.25) is 19.6 Å². The van der Waals surface area contributed by atoms with Gasteiger partial charge in [-0.25, -0.2) is 0 Å². The molecule has 4 heteroatoms. The second-order valence-corrected chi connectivity index (χ2v) is 7.71. The van der Waals surface area contributed by atoms with Crippen LogP contribution in [0.5, 0.6) is 0 Å². The van der Waals surface area contributed by atoms with E-state index in [1.165, 1.54) is 32.1 Å². The molecule has 0 unspecified atom stereocenters. The molecule has 0 amide bonds. The number of hydrogen-bond acceptors (Lipinski definition) is 4. The van der Waals surface area contributed by atoms with Gasteiger partial charge >= 0.3 is 0 Å². The molecule has 2 rings (SSSR count). The van der Waals surface area contributed by atoms with Crippen molar-refractivity contribution in [1.82, 2.24) is 0 Å². The van der Waals surface area contributed by atoms with Gasteiger partial charge in [-0.1, -0.05) is 104 Å². The van der Waals surface area contributed by atoms with Crippen molar-refractivity contribution >= 4 is 25.0 Å². The quantitative estimate of drug-likeness (QED) is 0.179. The van der Waals surface area contributed by atoms with Crippen LogP contribution in [0.15, 0.2) is 58.5 Å². The number of rotatable bonds is 12. The van der Waals surface area contributed by atoms with Crippen molar-refractivity contribution in [3.63, 3.8) is 0 Å². The molecule has 0 spiro atoms. The summed E-state index contributed by atoms with van der Waals surface area (Å²) in [7, 11) is 0. The van der Waals surface area contributed by atoms with Crippen molar-refractivity contribution in [2.75, 3.05) is 13.1 Å². The van der Waals surface area contributed by atoms with Crippen molar-refractivity contribution < 1.29 is 9.59 Å². The van der Waals surface area contributed by atoms with Crippen LogP contribution in [-0.4, -0.2) is 38.1 Å². The van der Waals surface area contributed by atoms with Gasteiger partial charge in [0.1, 0.15) is 12.6 Å². The van der Waals surface area contributed by atoms with Gasteiger partial charge in [-0.2, -0.15) is 0 Å². The molecule has 0 bridgehead atoms. The Morgan fingerprint density at radius 2 is 0.941 bits per heavy atom. The molecular weight excluding hydrogens is 420 g/mol. The third-order valence-electron chi connectivity index (χ3n) is 4.56. The van der Waals surface area contributed by atoms with E-state index < -0.39 is 0 Å². The molecule has 0 radical (unpaired) electrons. The maximum absolute atomic E-state index is 10.2. The molecule has 4 nitrogen and oxygen atoms in total. The molecular formula is C30H46N2O2. The van der Waals surface area contributed by atoms with Gasteiger partial charge in [0, 0.05) is 36.6 Å². The number of aliphatic imine (C=N–C) groups is 2. The molecule has 0 aliphatic heterocycles. The number of hydrogen-bond donors (Lipinski definition) is 0. The summed E-state index contributed by atoms with van der Waals surface area (Å²) in [5.41, 5.74) is 3.38. The zero-order valence-corrected chi connectivity index (χ0v) is 21.0. The van der Waals surface area contributed by atoms with Crippen molar-refractivity contribution in [3.8, 4) is 0 Å². The molecule has 0 heterocycles. The summed E-state index contributed by atoms with van der Waals surface area (Å²) in [6.07, 6.45) is 14.1. The number of unbranched alkanes of at least 4 members (excludes halogenated alkanes) is 4. The van der Waals surface area contributed by atoms with Gasteiger partial charge in [-0.05, 0) is 36.1 Å². The molecule has 0 saturated heterocycles. The first-order valence-electron chi connectivity index (χ1n) is 12.2. The Morgan fingerprint density at radius 3 is 1.26 bits per heavy atom. The van der Waals surface area contributed by atoms with Gasteiger partial charge in [0.2, 0.25) is 0 Å². The zero-order chi connectivity index (χ0) is 24.6. The fourth-order valence-corrected chi connectivity index (χ4v) is 2.62. The standard InChI is InChI=1S/C16H24N2.C8H6O2.C5H12.CH4/c1-3-5-10-17-13-15-8-7-9-16(12-15)14-18-11-6-4-2;9-5-7-2-1-3-8(4-7)6-10;1-3-5-4-2;/h7-9,12-14H,3-6,10-11H2,1-2H3;1-6H;3-5H2,1-2H3;1H4. The molecule has 0 aliphatic rings. The Bertz CT molecular complexity index is 754. The van der Waals surface area contributed by atoms with Crippen LogP contribution in [0.1, 0.15) is 112 Å². The highest BCUT2D eigenvalue weighted by Crippen LogP contribution is 2.02. The third kappa shape index (κ3) is 18.7. The van der Waals surface area contributed by atoms with E-state index in [4.69, 9.17) is 0 Å². The Morgan fingerprint density at radius 1 is 0.588 bits per heavy atom. The molecule has 0 aliphatic carbocycles. The average Bonchev–Trinajstić information content (AvgIpc) is 2.86. The van der Waals surface area contributed by atoms with Crippen LogP contribution >= 0.6 is 0 Å². The van der Waals surface area contributed by atoms with E-state index in [0.29, 0.717) is 23.7 Å². The highest BCUT2D eigenvalue weighted by Gasteiger charge is 1.91. The number of aldehydes is 2. The van der Waals surface area contributed by atoms with Gasteiger partial charge in [0.05, 0.1) is 0 Å². The molecule has 188 valence electrons. The average molecular weight is 467 g/mol. The van der Waals surface area contributed by atoms with Crippen LogP contribution in [0.4, 0.5) is 0 Å². The zero-order valence-electron chi connectivity index (χ0n) is 21.0. The maximum Gasteiger partial charge on any atom is 0.150 e. The summed E-state index contributed by atoms with van der Waals surface area (Å²) in [6.45, 7) is 10.6. The lowest BCUT2D eigenvalue weighted by atomic mass is 10.1. The number of nitrogens with zero attached hydrogens (tertiary/aromatic N) is 2. The van der Waals surface area contributed by atoms with Crippen LogP contribution in [0.25, 0.3) is 0 Å². The van der Waals surface area contributed by atoms with Crippen LogP contribution < -0.4 is 0 Å². The van der Waals surface area contributed by atoms with Crippen LogP contribution in [0.2, 0.25) is 0 Å². The van der Waals surface area contributed by atoms with Crippen molar-refractivity contribution in [2.24, 2.45) is 9.98 Å². The summed E-state index contributed by atoms with van der Waals surface area (Å²) in [5, 5.41) is 0. The van der Waals surface area contributed by atoms with Gasteiger partial charge in [0.25, 0.3) is 0 Å². The summed E-state index contributed by atoms with van der Waals surface area (Å²) in [4.78, 5) is 29.1. The van der Waals surface area contributed by atoms with Crippen molar-refractivity contribution in [2.45, 2.75) is 80.1 Å². The van der Waals surface area contributed by atoms with E-state index in [2.05, 4.69) is 61.9 Å². The van der Waals surface area contributed by atoms with E-state index in [9.17, 15) is 9.59 Å². The predicted octanol–water partition coefficient (Wildman–Crippen LogP) is 8.27. The normalized spacial score (nSPS) is 10.0. The fraction of sp³-hybridized carbons (Fsp3) is 0.467. The van der Waals surface area contributed by atoms with Crippen molar-refractivity contribution in [1.29, 1.82) is 0 Å². The van der Waals surface area contributed by atoms with E-state index in [0.717, 1.165) is 37.1 Å². The first kappa shape index (κ1) is 33.3. The smallest absolute Gasteiger partial charge is 0.150 e. The summed E-state index contributed by atoms with van der Waals surface area (Å²) < 4.78 is 0. The van der Waals surface area contributed by atoms with Crippen molar-refractivity contribution in [3.05, 3.63) is 70.8 Å². The molecule has 0 saturated carbocycles. The van der Waals surface area contributed by atoms with Crippen LogP contribution in [0, 0.1) is 0 Å². The van der Waals surface area contributed by atoms with E-state index in [-0.39, 0.29) is 7.43 Å². The predicted molar refractivity (Wildman–Crippen MR) is 150 cm³/mol. The number of carbonyl (C=O) groups excluding carboxylic acids is 2. The molecule has 2 aromatic carbocycles. The summed E-state index contributed by atoms with van der Waals surface area (Å²) in [5.74, 6) is 0. The minimum Gasteiger partial charge on any atom is -0.298 e. The Labute approximate surface area is 208 Å². The minimum absolute atomic E-state index is 0. The fourth-order valence-electron chi connectivity index (χ4n) is 2.62. The minimum atomic E-state index is 0. The lowest BCUT2D eigenvalue weighted by Crippen LogP contribution is -1.89. The topological polar surface area (TPSA) is 58.9 Å². The van der Waals surface area contributed by atoms with Crippen LogP contribution in [0.3, 0.4) is 0 Å². The maximum atomic E-state index is 10.2. The molecule has 0 fully saturated rings. The number of benzene rings is 2.